The van der Waals surface area contributed by atoms with Crippen LogP contribution in [0.4, 0.5) is 0 Å². The third kappa shape index (κ3) is 9.54. The van der Waals surface area contributed by atoms with Crippen LogP contribution in [0.25, 0.3) is 0 Å². The number of carbonyl (C=O) groups is 4. The Hall–Kier alpha value is -2.96. The van der Waals surface area contributed by atoms with Crippen molar-refractivity contribution in [3.8, 4) is 0 Å². The smallest absolute Gasteiger partial charge is 0.337 e. The van der Waals surface area contributed by atoms with E-state index in [0.717, 1.165) is 39.3 Å². The molecule has 0 spiro atoms. The maximum Gasteiger partial charge on any atom is 0.337 e. The van der Waals surface area contributed by atoms with E-state index in [-0.39, 0.29) is 62.1 Å². The fourth-order valence-corrected chi connectivity index (χ4v) is 5.36. The summed E-state index contributed by atoms with van der Waals surface area (Å²) in [7, 11) is 0. The van der Waals surface area contributed by atoms with Crippen LogP contribution >= 0.6 is 0 Å². The highest BCUT2D eigenvalue weighted by Crippen LogP contribution is 2.26. The van der Waals surface area contributed by atoms with Gasteiger partial charge in [0.15, 0.2) is 0 Å². The summed E-state index contributed by atoms with van der Waals surface area (Å²) in [6, 6.07) is 0. The lowest BCUT2D eigenvalue weighted by atomic mass is 9.91. The zero-order valence-corrected chi connectivity index (χ0v) is 23.8. The first-order valence-electron chi connectivity index (χ1n) is 14.8. The maximum atomic E-state index is 13.0. The maximum absolute atomic E-state index is 13.0. The van der Waals surface area contributed by atoms with E-state index in [1.54, 1.807) is 18.4 Å². The highest BCUT2D eigenvalue weighted by atomic mass is 16.6. The van der Waals surface area contributed by atoms with Gasteiger partial charge in [0.1, 0.15) is 31.8 Å². The number of hydrogen-bond donors (Lipinski definition) is 4. The molecule has 0 atom stereocenters. The zero-order chi connectivity index (χ0) is 28.9. The fraction of sp³-hybridized carbons (Fsp3) is 0.724. The van der Waals surface area contributed by atoms with Gasteiger partial charge in [-0.2, -0.15) is 0 Å². The van der Waals surface area contributed by atoms with Gasteiger partial charge in [-0.05, 0) is 90.1 Å². The highest BCUT2D eigenvalue weighted by Gasteiger charge is 2.40. The Morgan fingerprint density at radius 2 is 1.02 bits per heavy atom. The van der Waals surface area contributed by atoms with E-state index in [9.17, 15) is 19.2 Å². The van der Waals surface area contributed by atoms with E-state index in [1.165, 1.54) is 0 Å². The van der Waals surface area contributed by atoms with E-state index in [1.807, 2.05) is 0 Å². The first-order valence-corrected chi connectivity index (χ1v) is 14.8. The van der Waals surface area contributed by atoms with Gasteiger partial charge in [-0.3, -0.25) is 14.4 Å². The molecular formula is C29H44N4O8. The molecule has 41 heavy (non-hydrogen) atoms. The number of rotatable bonds is 12. The summed E-state index contributed by atoms with van der Waals surface area (Å²) in [6.45, 7) is 3.90. The van der Waals surface area contributed by atoms with Crippen LogP contribution in [0.5, 0.6) is 0 Å². The molecule has 4 aliphatic rings. The minimum atomic E-state index is -1.26. The van der Waals surface area contributed by atoms with Crippen molar-refractivity contribution in [3.63, 3.8) is 0 Å². The van der Waals surface area contributed by atoms with Crippen LogP contribution in [-0.4, -0.2) is 96.1 Å². The van der Waals surface area contributed by atoms with Gasteiger partial charge in [0.25, 0.3) is 0 Å². The Labute approximate surface area is 241 Å². The number of nitrogens with one attached hydrogen (secondary N) is 4. The molecule has 3 saturated heterocycles. The lowest BCUT2D eigenvalue weighted by Crippen LogP contribution is -2.46. The molecule has 0 radical (unpaired) electrons. The summed E-state index contributed by atoms with van der Waals surface area (Å²) in [4.78, 5) is 51.9. The van der Waals surface area contributed by atoms with Crippen molar-refractivity contribution in [2.45, 2.75) is 38.5 Å². The molecule has 0 aliphatic carbocycles. The Morgan fingerprint density at radius 3 is 1.39 bits per heavy atom. The van der Waals surface area contributed by atoms with Crippen molar-refractivity contribution in [1.29, 1.82) is 0 Å². The first kappa shape index (κ1) is 31.0. The van der Waals surface area contributed by atoms with Crippen molar-refractivity contribution >= 4 is 23.9 Å². The van der Waals surface area contributed by atoms with Gasteiger partial charge >= 0.3 is 23.9 Å². The molecule has 0 aromatic heterocycles. The van der Waals surface area contributed by atoms with Crippen LogP contribution in [0.15, 0.2) is 23.9 Å². The molecule has 0 saturated carbocycles. The van der Waals surface area contributed by atoms with Gasteiger partial charge < -0.3 is 40.2 Å². The molecule has 0 bridgehead atoms. The number of dihydropyridines is 1. The summed E-state index contributed by atoms with van der Waals surface area (Å²) in [5.74, 6) is -2.41. The topological polar surface area (TPSA) is 153 Å². The van der Waals surface area contributed by atoms with Crippen LogP contribution in [0.2, 0.25) is 0 Å². The highest BCUT2D eigenvalue weighted by molar-refractivity contribution is 5.91. The number of piperidine rings is 3. The van der Waals surface area contributed by atoms with Crippen LogP contribution in [0.1, 0.15) is 38.5 Å². The molecule has 12 nitrogen and oxygen atoms in total. The second-order valence-electron chi connectivity index (χ2n) is 11.4. The van der Waals surface area contributed by atoms with Crippen molar-refractivity contribution in [3.05, 3.63) is 23.9 Å². The Morgan fingerprint density at radius 1 is 0.634 bits per heavy atom. The monoisotopic (exact) mass is 576 g/mol. The fourth-order valence-electron chi connectivity index (χ4n) is 5.36. The Kier molecular flexibility index (Phi) is 12.0. The van der Waals surface area contributed by atoms with Crippen LogP contribution < -0.4 is 21.3 Å². The molecule has 0 aromatic rings. The Balaban J connectivity index is 1.49. The lowest BCUT2D eigenvalue weighted by Gasteiger charge is -2.34. The summed E-state index contributed by atoms with van der Waals surface area (Å²) in [5.41, 5.74) is -0.886. The van der Waals surface area contributed by atoms with Gasteiger partial charge in [0.2, 0.25) is 0 Å². The van der Waals surface area contributed by atoms with Gasteiger partial charge in [-0.15, -0.1) is 0 Å². The molecule has 0 amide bonds. The first-order chi connectivity index (χ1) is 20.0. The molecule has 4 rings (SSSR count). The number of carbonyl (C=O) groups excluding carboxylic acids is 4. The van der Waals surface area contributed by atoms with E-state index in [4.69, 9.17) is 18.9 Å². The third-order valence-corrected chi connectivity index (χ3v) is 8.15. The third-order valence-electron chi connectivity index (χ3n) is 8.15. The minimum absolute atomic E-state index is 0.224. The van der Waals surface area contributed by atoms with Crippen molar-refractivity contribution < 1.29 is 38.1 Å². The average Bonchev–Trinajstić information content (AvgIpc) is 3.05. The average molecular weight is 577 g/mol. The largest absolute Gasteiger partial charge is 0.464 e. The molecule has 4 N–H and O–H groups in total. The van der Waals surface area contributed by atoms with Gasteiger partial charge in [0.05, 0.1) is 23.3 Å². The molecule has 4 aliphatic heterocycles. The molecular weight excluding hydrogens is 532 g/mol. The van der Waals surface area contributed by atoms with E-state index in [2.05, 4.69) is 21.3 Å². The van der Waals surface area contributed by atoms with Crippen LogP contribution in [-0.2, 0) is 38.1 Å². The zero-order valence-electron chi connectivity index (χ0n) is 23.8. The predicted molar refractivity (Wildman–Crippen MR) is 148 cm³/mol. The second kappa shape index (κ2) is 15.9. The number of ether oxygens (including phenoxy) is 4. The molecule has 0 aromatic carbocycles. The number of hydrogen-bond acceptors (Lipinski definition) is 12. The predicted octanol–water partition coefficient (Wildman–Crippen LogP) is 0.188. The van der Waals surface area contributed by atoms with Gasteiger partial charge in [-0.25, -0.2) is 4.79 Å². The van der Waals surface area contributed by atoms with Gasteiger partial charge in [-0.1, -0.05) is 6.08 Å². The molecule has 4 heterocycles. The summed E-state index contributed by atoms with van der Waals surface area (Å²) in [6.07, 6.45) is 8.92. The molecule has 0 unspecified atom stereocenters. The number of esters is 4. The molecule has 3 fully saturated rings. The summed E-state index contributed by atoms with van der Waals surface area (Å²) in [5, 5.41) is 12.7. The Bertz CT molecular complexity index is 882. The van der Waals surface area contributed by atoms with Crippen molar-refractivity contribution in [2.75, 3.05) is 72.2 Å². The quantitative estimate of drug-likeness (QED) is 0.185. The van der Waals surface area contributed by atoms with Crippen LogP contribution in [0.3, 0.4) is 0 Å². The summed E-state index contributed by atoms with van der Waals surface area (Å²) >= 11 is 0. The van der Waals surface area contributed by atoms with E-state index < -0.39 is 11.4 Å². The minimum Gasteiger partial charge on any atom is -0.464 e. The second-order valence-corrected chi connectivity index (χ2v) is 11.4. The summed E-state index contributed by atoms with van der Waals surface area (Å²) < 4.78 is 23.0. The lowest BCUT2D eigenvalue weighted by molar-refractivity contribution is -0.174. The molecule has 228 valence electrons. The standard InChI is InChI=1S/C29H44N4O8/c34-25(21-1-9-30-10-2-21)38-17-29(18-39-26(35)22-3-11-31-12-4-22,19-40-27(36)23-5-13-32-14-6-23)20-41-28(37)24-7-15-33-16-8-24/h1-2,9,22-24,30-33H,3-8,10-20H2. The van der Waals surface area contributed by atoms with Gasteiger partial charge in [0, 0.05) is 6.54 Å². The van der Waals surface area contributed by atoms with E-state index in [0.29, 0.717) is 50.6 Å². The van der Waals surface area contributed by atoms with Crippen molar-refractivity contribution in [1.82, 2.24) is 21.3 Å². The SMILES string of the molecule is O=C(OCC(COC(=O)C1CCNCC1)(COC(=O)C1CCNCC1)COC(=O)C1CCNCC1)C1=CCNC=C1. The normalized spacial score (nSPS) is 20.8. The molecule has 12 heteroatoms. The van der Waals surface area contributed by atoms with E-state index >= 15 is 0 Å². The van der Waals surface area contributed by atoms with Crippen LogP contribution in [0, 0.1) is 23.2 Å². The van der Waals surface area contributed by atoms with Crippen molar-refractivity contribution in [2.24, 2.45) is 23.2 Å².